The van der Waals surface area contributed by atoms with Crippen LogP contribution in [0.15, 0.2) is 36.5 Å². The van der Waals surface area contributed by atoms with Crippen LogP contribution in [0.2, 0.25) is 0 Å². The van der Waals surface area contributed by atoms with Crippen LogP contribution in [0.5, 0.6) is 0 Å². The Bertz CT molecular complexity index is 881. The number of benzene rings is 1. The Morgan fingerprint density at radius 2 is 1.91 bits per heavy atom. The molecule has 1 aromatic heterocycles. The van der Waals surface area contributed by atoms with Gasteiger partial charge in [0.05, 0.1) is 19.4 Å². The van der Waals surface area contributed by atoms with Gasteiger partial charge in [0.2, 0.25) is 0 Å². The SMILES string of the molecule is O=C(c1cn(CCC2CCCCN2C(=O)NCCc2ccccc2)nn1)N1CCOCC1. The number of likely N-dealkylation sites (tertiary alicyclic amines) is 1. The van der Waals surface area contributed by atoms with E-state index in [2.05, 4.69) is 27.8 Å². The number of carbonyl (C=O) groups excluding carboxylic acids is 2. The van der Waals surface area contributed by atoms with E-state index in [9.17, 15) is 9.59 Å². The van der Waals surface area contributed by atoms with Crippen molar-refractivity contribution < 1.29 is 14.3 Å². The molecule has 3 amide bonds. The van der Waals surface area contributed by atoms with Crippen molar-refractivity contribution >= 4 is 11.9 Å². The molecular formula is C23H32N6O3. The highest BCUT2D eigenvalue weighted by Gasteiger charge is 2.27. The van der Waals surface area contributed by atoms with E-state index in [-0.39, 0.29) is 18.0 Å². The molecule has 2 aromatic rings. The molecular weight excluding hydrogens is 408 g/mol. The van der Waals surface area contributed by atoms with Crippen LogP contribution in [-0.4, -0.2) is 82.2 Å². The van der Waals surface area contributed by atoms with Gasteiger partial charge in [-0.2, -0.15) is 0 Å². The summed E-state index contributed by atoms with van der Waals surface area (Å²) in [7, 11) is 0. The highest BCUT2D eigenvalue weighted by Crippen LogP contribution is 2.20. The lowest BCUT2D eigenvalue weighted by molar-refractivity contribution is 0.0299. The van der Waals surface area contributed by atoms with Crippen LogP contribution in [0.25, 0.3) is 0 Å². The van der Waals surface area contributed by atoms with Crippen LogP contribution < -0.4 is 5.32 Å². The van der Waals surface area contributed by atoms with Gasteiger partial charge in [-0.25, -0.2) is 4.79 Å². The average Bonchev–Trinajstić information content (AvgIpc) is 3.33. The van der Waals surface area contributed by atoms with E-state index < -0.39 is 0 Å². The number of piperidine rings is 1. The fourth-order valence-electron chi connectivity index (χ4n) is 4.34. The Balaban J connectivity index is 1.26. The maximum absolute atomic E-state index is 12.8. The van der Waals surface area contributed by atoms with Crippen molar-refractivity contribution in [1.82, 2.24) is 30.1 Å². The van der Waals surface area contributed by atoms with E-state index >= 15 is 0 Å². The molecule has 0 saturated carbocycles. The second-order valence-electron chi connectivity index (χ2n) is 8.37. The fourth-order valence-corrected chi connectivity index (χ4v) is 4.34. The first kappa shape index (κ1) is 22.3. The molecule has 2 saturated heterocycles. The number of morpholine rings is 1. The lowest BCUT2D eigenvalue weighted by Gasteiger charge is -2.35. The van der Waals surface area contributed by atoms with Crippen LogP contribution in [0, 0.1) is 0 Å². The molecule has 3 heterocycles. The second-order valence-corrected chi connectivity index (χ2v) is 8.37. The molecule has 9 heteroatoms. The van der Waals surface area contributed by atoms with E-state index in [4.69, 9.17) is 4.74 Å². The molecule has 0 radical (unpaired) electrons. The summed E-state index contributed by atoms with van der Waals surface area (Å²) in [6, 6.07) is 10.4. The third-order valence-electron chi connectivity index (χ3n) is 6.17. The van der Waals surface area contributed by atoms with Gasteiger partial charge in [-0.05, 0) is 37.7 Å². The molecule has 1 atom stereocenters. The molecule has 2 aliphatic rings. The standard InChI is InChI=1S/C23H32N6O3/c30-22(27-14-16-32-17-15-27)21-18-28(26-25-21)13-10-20-8-4-5-12-29(20)23(31)24-11-9-19-6-2-1-3-7-19/h1-3,6-7,18,20H,4-5,8-17H2,(H,24,31). The number of hydrogen-bond acceptors (Lipinski definition) is 5. The Morgan fingerprint density at radius 1 is 1.09 bits per heavy atom. The summed E-state index contributed by atoms with van der Waals surface area (Å²) in [6.07, 6.45) is 6.47. The van der Waals surface area contributed by atoms with Gasteiger partial charge < -0.3 is 19.9 Å². The first-order valence-electron chi connectivity index (χ1n) is 11.6. The number of amides is 3. The predicted molar refractivity (Wildman–Crippen MR) is 119 cm³/mol. The van der Waals surface area contributed by atoms with Gasteiger partial charge in [-0.3, -0.25) is 9.48 Å². The Morgan fingerprint density at radius 3 is 2.72 bits per heavy atom. The number of ether oxygens (including phenoxy) is 1. The smallest absolute Gasteiger partial charge is 0.317 e. The normalized spacial score (nSPS) is 19.1. The van der Waals surface area contributed by atoms with Gasteiger partial charge in [0.25, 0.3) is 5.91 Å². The largest absolute Gasteiger partial charge is 0.378 e. The number of nitrogens with one attached hydrogen (secondary N) is 1. The highest BCUT2D eigenvalue weighted by atomic mass is 16.5. The molecule has 4 rings (SSSR count). The van der Waals surface area contributed by atoms with Crippen molar-refractivity contribution in [2.45, 2.75) is 44.7 Å². The summed E-state index contributed by atoms with van der Waals surface area (Å²) >= 11 is 0. The number of aryl methyl sites for hydroxylation is 1. The molecule has 0 bridgehead atoms. The fraction of sp³-hybridized carbons (Fsp3) is 0.565. The summed E-state index contributed by atoms with van der Waals surface area (Å²) in [6.45, 7) is 4.32. The Hall–Kier alpha value is -2.94. The lowest BCUT2D eigenvalue weighted by Crippen LogP contribution is -2.49. The van der Waals surface area contributed by atoms with E-state index in [1.54, 1.807) is 15.8 Å². The number of urea groups is 1. The van der Waals surface area contributed by atoms with Crippen molar-refractivity contribution in [3.8, 4) is 0 Å². The minimum absolute atomic E-state index is 0.00686. The molecule has 1 unspecified atom stereocenters. The highest BCUT2D eigenvalue weighted by molar-refractivity contribution is 5.92. The Kier molecular flexibility index (Phi) is 7.71. The lowest BCUT2D eigenvalue weighted by atomic mass is 10.00. The third-order valence-corrected chi connectivity index (χ3v) is 6.17. The molecule has 2 fully saturated rings. The van der Waals surface area contributed by atoms with Gasteiger partial charge in [-0.1, -0.05) is 35.5 Å². The van der Waals surface area contributed by atoms with Gasteiger partial charge in [-0.15, -0.1) is 5.10 Å². The van der Waals surface area contributed by atoms with Crippen molar-refractivity contribution in [3.05, 3.63) is 47.8 Å². The average molecular weight is 441 g/mol. The predicted octanol–water partition coefficient (Wildman–Crippen LogP) is 1.95. The Labute approximate surface area is 188 Å². The molecule has 1 aromatic carbocycles. The van der Waals surface area contributed by atoms with Gasteiger partial charge >= 0.3 is 6.03 Å². The molecule has 0 aliphatic carbocycles. The molecule has 172 valence electrons. The van der Waals surface area contributed by atoms with Crippen LogP contribution in [0.1, 0.15) is 41.7 Å². The van der Waals surface area contributed by atoms with Gasteiger partial charge in [0.1, 0.15) is 0 Å². The van der Waals surface area contributed by atoms with E-state index in [1.165, 1.54) is 5.56 Å². The first-order valence-corrected chi connectivity index (χ1v) is 11.6. The van der Waals surface area contributed by atoms with Crippen molar-refractivity contribution in [1.29, 1.82) is 0 Å². The maximum atomic E-state index is 12.8. The number of aromatic nitrogens is 3. The third kappa shape index (κ3) is 5.85. The molecule has 0 spiro atoms. The van der Waals surface area contributed by atoms with Crippen LogP contribution in [-0.2, 0) is 17.7 Å². The van der Waals surface area contributed by atoms with Gasteiger partial charge in [0, 0.05) is 38.8 Å². The summed E-state index contributed by atoms with van der Waals surface area (Å²) < 4.78 is 7.02. The number of rotatable bonds is 7. The van der Waals surface area contributed by atoms with Crippen molar-refractivity contribution in [2.24, 2.45) is 0 Å². The number of nitrogens with zero attached hydrogens (tertiary/aromatic N) is 5. The summed E-state index contributed by atoms with van der Waals surface area (Å²) in [5, 5.41) is 11.3. The monoisotopic (exact) mass is 440 g/mol. The van der Waals surface area contributed by atoms with E-state index in [0.29, 0.717) is 45.1 Å². The zero-order chi connectivity index (χ0) is 22.2. The second kappa shape index (κ2) is 11.1. The minimum atomic E-state index is -0.100. The molecule has 1 N–H and O–H groups in total. The zero-order valence-electron chi connectivity index (χ0n) is 18.5. The van der Waals surface area contributed by atoms with Gasteiger partial charge in [0.15, 0.2) is 5.69 Å². The maximum Gasteiger partial charge on any atom is 0.317 e. The van der Waals surface area contributed by atoms with Crippen molar-refractivity contribution in [2.75, 3.05) is 39.4 Å². The minimum Gasteiger partial charge on any atom is -0.378 e. The van der Waals surface area contributed by atoms with E-state index in [0.717, 1.165) is 38.6 Å². The van der Waals surface area contributed by atoms with E-state index in [1.807, 2.05) is 23.1 Å². The number of hydrogen-bond donors (Lipinski definition) is 1. The van der Waals surface area contributed by atoms with Crippen LogP contribution in [0.4, 0.5) is 4.79 Å². The molecule has 2 aliphatic heterocycles. The number of carbonyl (C=O) groups is 2. The zero-order valence-corrected chi connectivity index (χ0v) is 18.5. The summed E-state index contributed by atoms with van der Waals surface area (Å²) in [5.74, 6) is -0.100. The summed E-state index contributed by atoms with van der Waals surface area (Å²) in [4.78, 5) is 29.1. The molecule has 9 nitrogen and oxygen atoms in total. The first-order chi connectivity index (χ1) is 15.7. The van der Waals surface area contributed by atoms with Crippen LogP contribution in [0.3, 0.4) is 0 Å². The van der Waals surface area contributed by atoms with Crippen LogP contribution >= 0.6 is 0 Å². The molecule has 32 heavy (non-hydrogen) atoms. The summed E-state index contributed by atoms with van der Waals surface area (Å²) in [5.41, 5.74) is 1.59. The topological polar surface area (TPSA) is 92.6 Å². The van der Waals surface area contributed by atoms with Crippen molar-refractivity contribution in [3.63, 3.8) is 0 Å². The quantitative estimate of drug-likeness (QED) is 0.710.